The van der Waals surface area contributed by atoms with Crippen LogP contribution in [0.15, 0.2) is 132 Å². The maximum Gasteiger partial charge on any atom is 0.408 e. The summed E-state index contributed by atoms with van der Waals surface area (Å²) in [5, 5.41) is 12.2. The number of thioether (sulfide) groups is 1. The number of hydrogen-bond donors (Lipinski definition) is 2. The van der Waals surface area contributed by atoms with Gasteiger partial charge in [0.25, 0.3) is 5.91 Å². The largest absolute Gasteiger partial charge is 0.445 e. The Labute approximate surface area is 332 Å². The number of para-hydroxylation sites is 1. The van der Waals surface area contributed by atoms with Crippen molar-refractivity contribution in [2.45, 2.75) is 61.5 Å². The van der Waals surface area contributed by atoms with Gasteiger partial charge in [0.1, 0.15) is 12.6 Å². The summed E-state index contributed by atoms with van der Waals surface area (Å²) < 4.78 is 20.7. The number of aliphatic hydroxyl groups excluding tert-OH is 1. The number of aromatic nitrogens is 1. The lowest BCUT2D eigenvalue weighted by atomic mass is 9.99. The summed E-state index contributed by atoms with van der Waals surface area (Å²) in [5.74, 6) is -0.132. The molecule has 10 nitrogen and oxygen atoms in total. The lowest BCUT2D eigenvalue weighted by molar-refractivity contribution is -0.245. The van der Waals surface area contributed by atoms with E-state index in [9.17, 15) is 19.5 Å². The summed E-state index contributed by atoms with van der Waals surface area (Å²) >= 11 is 3.36. The SMILES string of the molecule is O=C(NC1CC(=O)N(Cc2cccc(-c3cccc(C4OC(CSc5nc6ccccc6s5)CC(c5ccc(CO)cc5)O4)c3)c2)C1=O)OCc1ccccc1. The van der Waals surface area contributed by atoms with Crippen LogP contribution in [-0.2, 0) is 43.6 Å². The van der Waals surface area contributed by atoms with Gasteiger partial charge in [-0.15, -0.1) is 11.3 Å². The predicted octanol–water partition coefficient (Wildman–Crippen LogP) is 8.35. The van der Waals surface area contributed by atoms with Crippen molar-refractivity contribution >= 4 is 51.2 Å². The Morgan fingerprint density at radius 2 is 1.59 bits per heavy atom. The maximum atomic E-state index is 13.3. The number of nitrogens with one attached hydrogen (secondary N) is 1. The maximum absolute atomic E-state index is 13.3. The fraction of sp³-hybridized carbons (Fsp3) is 0.227. The van der Waals surface area contributed by atoms with Crippen molar-refractivity contribution in [3.63, 3.8) is 0 Å². The summed E-state index contributed by atoms with van der Waals surface area (Å²) in [6.45, 7) is 0.103. The van der Waals surface area contributed by atoms with E-state index in [1.165, 1.54) is 4.90 Å². The Bertz CT molecular complexity index is 2300. The molecule has 2 aliphatic heterocycles. The Morgan fingerprint density at radius 1 is 0.839 bits per heavy atom. The number of carbonyl (C=O) groups excluding carboxylic acids is 3. The minimum atomic E-state index is -0.985. The lowest BCUT2D eigenvalue weighted by Crippen LogP contribution is -2.41. The van der Waals surface area contributed by atoms with Crippen LogP contribution < -0.4 is 5.32 Å². The molecule has 0 spiro atoms. The number of rotatable bonds is 12. The molecular weight excluding hydrogens is 747 g/mol. The molecule has 3 heterocycles. The molecule has 12 heteroatoms. The van der Waals surface area contributed by atoms with E-state index in [4.69, 9.17) is 19.2 Å². The molecule has 6 aromatic rings. The average Bonchev–Trinajstić information content (AvgIpc) is 3.78. The Kier molecular flexibility index (Phi) is 11.5. The standard InChI is InChI=1S/C44H39N3O7S2/c48-25-28-16-18-31(19-17-28)38-22-35(27-55-44-46-36-14-4-5-15-39(36)56-44)53-42(54-38)34-13-7-12-33(21-34)32-11-6-10-30(20-32)24-47-40(49)23-37(41(47)50)45-43(51)52-26-29-8-2-1-3-9-29/h1-21,35,37-38,42,48H,22-27H2,(H,45,51). The topological polar surface area (TPSA) is 127 Å². The fourth-order valence-electron chi connectivity index (χ4n) is 6.87. The second-order valence-corrected chi connectivity index (χ2v) is 16.0. The zero-order chi connectivity index (χ0) is 38.4. The van der Waals surface area contributed by atoms with Gasteiger partial charge in [-0.2, -0.15) is 0 Å². The molecule has 2 aliphatic rings. The number of hydrogen-bond acceptors (Lipinski definition) is 10. The number of ether oxygens (including phenoxy) is 3. The molecule has 2 saturated heterocycles. The van der Waals surface area contributed by atoms with Gasteiger partial charge in [0.2, 0.25) is 5.91 Å². The van der Waals surface area contributed by atoms with E-state index >= 15 is 0 Å². The van der Waals surface area contributed by atoms with Crippen molar-refractivity contribution in [3.8, 4) is 11.1 Å². The summed E-state index contributed by atoms with van der Waals surface area (Å²) in [5.41, 5.74) is 7.11. The zero-order valence-electron chi connectivity index (χ0n) is 30.3. The Balaban J connectivity index is 0.953. The molecular formula is C44H39N3O7S2. The van der Waals surface area contributed by atoms with E-state index in [1.807, 2.05) is 121 Å². The van der Waals surface area contributed by atoms with E-state index in [2.05, 4.69) is 11.4 Å². The van der Waals surface area contributed by atoms with E-state index in [-0.39, 0.29) is 44.3 Å². The molecule has 0 bridgehead atoms. The van der Waals surface area contributed by atoms with E-state index in [0.717, 1.165) is 53.5 Å². The monoisotopic (exact) mass is 785 g/mol. The van der Waals surface area contributed by atoms with Crippen LogP contribution in [0.5, 0.6) is 0 Å². The van der Waals surface area contributed by atoms with Crippen LogP contribution in [0.4, 0.5) is 4.79 Å². The molecule has 284 valence electrons. The second-order valence-electron chi connectivity index (χ2n) is 13.7. The van der Waals surface area contributed by atoms with Crippen molar-refractivity contribution in [1.82, 2.24) is 15.2 Å². The molecule has 2 N–H and O–H groups in total. The quantitative estimate of drug-likeness (QED) is 0.0930. The summed E-state index contributed by atoms with van der Waals surface area (Å²) in [7, 11) is 0. The minimum Gasteiger partial charge on any atom is -0.445 e. The van der Waals surface area contributed by atoms with Crippen molar-refractivity contribution in [2.75, 3.05) is 5.75 Å². The summed E-state index contributed by atoms with van der Waals surface area (Å²) in [6, 6.07) is 39.9. The molecule has 2 fully saturated rings. The van der Waals surface area contributed by atoms with Gasteiger partial charge < -0.3 is 24.6 Å². The molecule has 3 amide bonds. The van der Waals surface area contributed by atoms with Crippen LogP contribution in [0.2, 0.25) is 0 Å². The van der Waals surface area contributed by atoms with Crippen molar-refractivity contribution in [2.24, 2.45) is 0 Å². The number of thiazole rings is 1. The van der Waals surface area contributed by atoms with Gasteiger partial charge in [0.05, 0.1) is 42.0 Å². The summed E-state index contributed by atoms with van der Waals surface area (Å²) in [4.78, 5) is 44.6. The molecule has 56 heavy (non-hydrogen) atoms. The first-order chi connectivity index (χ1) is 27.4. The van der Waals surface area contributed by atoms with Gasteiger partial charge in [0.15, 0.2) is 10.6 Å². The number of fused-ring (bicyclic) bond motifs is 1. The molecule has 8 rings (SSSR count). The third kappa shape index (κ3) is 8.85. The highest BCUT2D eigenvalue weighted by molar-refractivity contribution is 8.01. The smallest absolute Gasteiger partial charge is 0.408 e. The predicted molar refractivity (Wildman–Crippen MR) is 214 cm³/mol. The van der Waals surface area contributed by atoms with Gasteiger partial charge in [-0.05, 0) is 57.6 Å². The van der Waals surface area contributed by atoms with Gasteiger partial charge >= 0.3 is 6.09 Å². The Morgan fingerprint density at radius 3 is 2.39 bits per heavy atom. The zero-order valence-corrected chi connectivity index (χ0v) is 31.9. The van der Waals surface area contributed by atoms with Crippen LogP contribution in [0.1, 0.15) is 53.1 Å². The van der Waals surface area contributed by atoms with Gasteiger partial charge in [-0.1, -0.05) is 115 Å². The van der Waals surface area contributed by atoms with E-state index in [1.54, 1.807) is 23.1 Å². The molecule has 4 unspecified atom stereocenters. The third-order valence-corrected chi connectivity index (χ3v) is 12.1. The number of carbonyl (C=O) groups is 3. The number of aliphatic hydroxyl groups is 1. The van der Waals surface area contributed by atoms with Crippen LogP contribution in [-0.4, -0.2) is 50.8 Å². The van der Waals surface area contributed by atoms with Crippen LogP contribution in [0.25, 0.3) is 21.3 Å². The molecule has 0 radical (unpaired) electrons. The number of benzene rings is 5. The molecule has 5 aromatic carbocycles. The third-order valence-electron chi connectivity index (χ3n) is 9.79. The lowest BCUT2D eigenvalue weighted by Gasteiger charge is -2.36. The first-order valence-corrected chi connectivity index (χ1v) is 20.2. The number of likely N-dealkylation sites (tertiary alicyclic amines) is 1. The molecule has 0 saturated carbocycles. The average molecular weight is 786 g/mol. The number of nitrogens with zero attached hydrogens (tertiary/aromatic N) is 2. The van der Waals surface area contributed by atoms with Gasteiger partial charge in [-0.25, -0.2) is 9.78 Å². The first kappa shape index (κ1) is 37.5. The Hall–Kier alpha value is -5.37. The summed E-state index contributed by atoms with van der Waals surface area (Å²) in [6.07, 6.45) is -1.21. The van der Waals surface area contributed by atoms with Gasteiger partial charge in [0, 0.05) is 17.7 Å². The van der Waals surface area contributed by atoms with E-state index < -0.39 is 24.3 Å². The van der Waals surface area contributed by atoms with E-state index in [0.29, 0.717) is 12.2 Å². The van der Waals surface area contributed by atoms with Gasteiger partial charge in [-0.3, -0.25) is 14.5 Å². The normalized spacial score (nSPS) is 19.7. The second kappa shape index (κ2) is 17.2. The van der Waals surface area contributed by atoms with Crippen LogP contribution >= 0.6 is 23.1 Å². The highest BCUT2D eigenvalue weighted by Crippen LogP contribution is 2.41. The molecule has 1 aromatic heterocycles. The molecule has 0 aliphatic carbocycles. The number of imide groups is 1. The van der Waals surface area contributed by atoms with Crippen LogP contribution in [0, 0.1) is 0 Å². The van der Waals surface area contributed by atoms with Crippen molar-refractivity contribution < 1.29 is 33.7 Å². The highest BCUT2D eigenvalue weighted by Gasteiger charge is 2.40. The van der Waals surface area contributed by atoms with Crippen molar-refractivity contribution in [3.05, 3.63) is 155 Å². The highest BCUT2D eigenvalue weighted by atomic mass is 32.2. The molecule has 4 atom stereocenters. The fourth-order valence-corrected chi connectivity index (χ4v) is 8.98. The number of alkyl carbamates (subject to hydrolysis) is 1. The van der Waals surface area contributed by atoms with Crippen LogP contribution in [0.3, 0.4) is 0 Å². The van der Waals surface area contributed by atoms with Crippen molar-refractivity contribution in [1.29, 1.82) is 0 Å². The minimum absolute atomic E-state index is 0.0264. The number of amides is 3. The first-order valence-electron chi connectivity index (χ1n) is 18.4.